The highest BCUT2D eigenvalue weighted by molar-refractivity contribution is 5.38. The van der Waals surface area contributed by atoms with Gasteiger partial charge < -0.3 is 14.8 Å². The van der Waals surface area contributed by atoms with Crippen LogP contribution in [0.3, 0.4) is 0 Å². The zero-order valence-corrected chi connectivity index (χ0v) is 12.6. The van der Waals surface area contributed by atoms with Crippen LogP contribution in [0.4, 0.5) is 5.82 Å². The van der Waals surface area contributed by atoms with E-state index in [1.165, 1.54) is 0 Å². The van der Waals surface area contributed by atoms with Crippen molar-refractivity contribution in [2.75, 3.05) is 25.1 Å². The highest BCUT2D eigenvalue weighted by atomic mass is 16.5. The van der Waals surface area contributed by atoms with Crippen LogP contribution in [0.15, 0.2) is 6.07 Å². The summed E-state index contributed by atoms with van der Waals surface area (Å²) in [6.07, 6.45) is 1.05. The van der Waals surface area contributed by atoms with E-state index in [2.05, 4.69) is 22.2 Å². The molecule has 0 spiro atoms. The van der Waals surface area contributed by atoms with Crippen LogP contribution in [0.1, 0.15) is 39.9 Å². The van der Waals surface area contributed by atoms with Gasteiger partial charge in [-0.2, -0.15) is 4.98 Å². The number of hydrogen-bond donors (Lipinski definition) is 1. The van der Waals surface area contributed by atoms with Gasteiger partial charge in [-0.3, -0.25) is 0 Å². The van der Waals surface area contributed by atoms with Gasteiger partial charge in [0.15, 0.2) is 0 Å². The van der Waals surface area contributed by atoms with Crippen molar-refractivity contribution in [2.24, 2.45) is 0 Å². The summed E-state index contributed by atoms with van der Waals surface area (Å²) in [6, 6.07) is 1.82. The Labute approximate surface area is 115 Å². The van der Waals surface area contributed by atoms with Gasteiger partial charge in [0.2, 0.25) is 5.88 Å². The first-order valence-electron chi connectivity index (χ1n) is 6.77. The maximum Gasteiger partial charge on any atom is 0.218 e. The maximum atomic E-state index is 5.59. The summed E-state index contributed by atoms with van der Waals surface area (Å²) in [4.78, 5) is 8.55. The fraction of sp³-hybridized carbons (Fsp3) is 0.714. The van der Waals surface area contributed by atoms with E-state index in [9.17, 15) is 0 Å². The Bertz CT molecular complexity index is 389. The monoisotopic (exact) mass is 267 g/mol. The summed E-state index contributed by atoms with van der Waals surface area (Å²) >= 11 is 0. The van der Waals surface area contributed by atoms with E-state index >= 15 is 0 Å². The quantitative estimate of drug-likeness (QED) is 0.770. The fourth-order valence-corrected chi connectivity index (χ4v) is 1.45. The highest BCUT2D eigenvalue weighted by Crippen LogP contribution is 2.13. The van der Waals surface area contributed by atoms with Gasteiger partial charge in [0.05, 0.1) is 12.2 Å². The minimum atomic E-state index is -0.140. The Morgan fingerprint density at radius 1 is 1.21 bits per heavy atom. The van der Waals surface area contributed by atoms with Gasteiger partial charge in [0, 0.05) is 12.6 Å². The zero-order valence-electron chi connectivity index (χ0n) is 12.6. The lowest BCUT2D eigenvalue weighted by atomic mass is 10.2. The van der Waals surface area contributed by atoms with Crippen LogP contribution in [-0.4, -0.2) is 35.3 Å². The second-order valence-corrected chi connectivity index (χ2v) is 5.37. The lowest BCUT2D eigenvalue weighted by molar-refractivity contribution is -0.0168. The second-order valence-electron chi connectivity index (χ2n) is 5.37. The van der Waals surface area contributed by atoms with Gasteiger partial charge in [-0.05, 0) is 34.1 Å². The van der Waals surface area contributed by atoms with Crippen LogP contribution >= 0.6 is 0 Å². The van der Waals surface area contributed by atoms with Gasteiger partial charge in [-0.15, -0.1) is 0 Å². The number of aromatic nitrogens is 2. The van der Waals surface area contributed by atoms with Crippen LogP contribution in [0, 0.1) is 6.92 Å². The number of nitrogens with one attached hydrogen (secondary N) is 1. The lowest BCUT2D eigenvalue weighted by Crippen LogP contribution is -2.22. The summed E-state index contributed by atoms with van der Waals surface area (Å²) in [7, 11) is 0. The second kappa shape index (κ2) is 7.28. The van der Waals surface area contributed by atoms with E-state index in [-0.39, 0.29) is 5.60 Å². The normalized spacial score (nSPS) is 11.4. The Morgan fingerprint density at radius 2 is 1.95 bits per heavy atom. The molecule has 1 N–H and O–H groups in total. The molecule has 1 aromatic heterocycles. The molecule has 0 bridgehead atoms. The molecule has 0 fully saturated rings. The van der Waals surface area contributed by atoms with Crippen molar-refractivity contribution in [2.45, 2.75) is 46.6 Å². The molecule has 0 saturated heterocycles. The summed E-state index contributed by atoms with van der Waals surface area (Å²) in [6.45, 7) is 12.0. The summed E-state index contributed by atoms with van der Waals surface area (Å²) < 4.78 is 11.2. The highest BCUT2D eigenvalue weighted by Gasteiger charge is 2.09. The summed E-state index contributed by atoms with van der Waals surface area (Å²) in [5, 5.41) is 3.23. The largest absolute Gasteiger partial charge is 0.475 e. The molecule has 0 unspecified atom stereocenters. The van der Waals surface area contributed by atoms with Crippen molar-refractivity contribution >= 4 is 5.82 Å². The van der Waals surface area contributed by atoms with Crippen LogP contribution in [0.5, 0.6) is 5.88 Å². The Hall–Kier alpha value is -1.36. The standard InChI is InChI=1S/C14H25N3O2/c1-6-7-15-12-10-13(17-11(2)16-12)18-8-9-19-14(3,4)5/h10H,6-9H2,1-5H3,(H,15,16,17). The molecule has 19 heavy (non-hydrogen) atoms. The molecule has 0 aliphatic heterocycles. The van der Waals surface area contributed by atoms with Crippen molar-refractivity contribution < 1.29 is 9.47 Å². The third-order valence-corrected chi connectivity index (χ3v) is 2.24. The Kier molecular flexibility index (Phi) is 6.02. The first kappa shape index (κ1) is 15.7. The third kappa shape index (κ3) is 6.96. The van der Waals surface area contributed by atoms with Crippen molar-refractivity contribution in [3.63, 3.8) is 0 Å². The van der Waals surface area contributed by atoms with Crippen LogP contribution in [-0.2, 0) is 4.74 Å². The lowest BCUT2D eigenvalue weighted by Gasteiger charge is -2.19. The molecule has 5 nitrogen and oxygen atoms in total. The topological polar surface area (TPSA) is 56.3 Å². The van der Waals surface area contributed by atoms with Crippen molar-refractivity contribution in [1.29, 1.82) is 0 Å². The minimum absolute atomic E-state index is 0.140. The van der Waals surface area contributed by atoms with E-state index < -0.39 is 0 Å². The van der Waals surface area contributed by atoms with Gasteiger partial charge in [0.1, 0.15) is 18.2 Å². The van der Waals surface area contributed by atoms with E-state index in [0.29, 0.717) is 24.9 Å². The molecule has 1 heterocycles. The van der Waals surface area contributed by atoms with Gasteiger partial charge in [0.25, 0.3) is 0 Å². The molecule has 0 radical (unpaired) electrons. The predicted octanol–water partition coefficient (Wildman–Crippen LogP) is 2.80. The third-order valence-electron chi connectivity index (χ3n) is 2.24. The van der Waals surface area contributed by atoms with E-state index in [0.717, 1.165) is 18.8 Å². The van der Waals surface area contributed by atoms with Crippen LogP contribution in [0.2, 0.25) is 0 Å². The maximum absolute atomic E-state index is 5.59. The molecule has 0 aliphatic rings. The van der Waals surface area contributed by atoms with E-state index in [4.69, 9.17) is 9.47 Å². The Morgan fingerprint density at radius 3 is 2.58 bits per heavy atom. The number of nitrogens with zero attached hydrogens (tertiary/aromatic N) is 2. The number of hydrogen-bond acceptors (Lipinski definition) is 5. The number of aryl methyl sites for hydroxylation is 1. The molecular weight excluding hydrogens is 242 g/mol. The van der Waals surface area contributed by atoms with Gasteiger partial charge in [-0.1, -0.05) is 6.92 Å². The molecule has 0 aliphatic carbocycles. The zero-order chi connectivity index (χ0) is 14.3. The smallest absolute Gasteiger partial charge is 0.218 e. The Balaban J connectivity index is 2.46. The molecular formula is C14H25N3O2. The molecule has 1 aromatic rings. The summed E-state index contributed by atoms with van der Waals surface area (Å²) in [5.41, 5.74) is -0.140. The van der Waals surface area contributed by atoms with E-state index in [1.807, 2.05) is 33.8 Å². The first-order valence-corrected chi connectivity index (χ1v) is 6.77. The fourth-order valence-electron chi connectivity index (χ4n) is 1.45. The molecule has 0 amide bonds. The van der Waals surface area contributed by atoms with Gasteiger partial charge >= 0.3 is 0 Å². The molecule has 5 heteroatoms. The summed E-state index contributed by atoms with van der Waals surface area (Å²) in [5.74, 6) is 2.09. The predicted molar refractivity (Wildman–Crippen MR) is 76.7 cm³/mol. The number of anilines is 1. The minimum Gasteiger partial charge on any atom is -0.475 e. The average molecular weight is 267 g/mol. The van der Waals surface area contributed by atoms with E-state index in [1.54, 1.807) is 0 Å². The van der Waals surface area contributed by atoms with Crippen molar-refractivity contribution in [3.8, 4) is 5.88 Å². The molecule has 1 rings (SSSR count). The molecule has 0 saturated carbocycles. The number of rotatable bonds is 7. The van der Waals surface area contributed by atoms with Crippen molar-refractivity contribution in [3.05, 3.63) is 11.9 Å². The molecule has 0 atom stereocenters. The SMILES string of the molecule is CCCNc1cc(OCCOC(C)(C)C)nc(C)n1. The first-order chi connectivity index (χ1) is 8.90. The average Bonchev–Trinajstić information content (AvgIpc) is 2.30. The molecule has 108 valence electrons. The molecule has 0 aromatic carbocycles. The van der Waals surface area contributed by atoms with Crippen LogP contribution < -0.4 is 10.1 Å². The van der Waals surface area contributed by atoms with Crippen molar-refractivity contribution in [1.82, 2.24) is 9.97 Å². The van der Waals surface area contributed by atoms with Crippen LogP contribution in [0.25, 0.3) is 0 Å². The van der Waals surface area contributed by atoms with Gasteiger partial charge in [-0.25, -0.2) is 4.98 Å². The number of ether oxygens (including phenoxy) is 2.